The van der Waals surface area contributed by atoms with E-state index in [-0.39, 0.29) is 10.8 Å². The first kappa shape index (κ1) is 13.9. The maximum atomic E-state index is 3.73. The number of hydrogen-bond donors (Lipinski definition) is 2. The minimum absolute atomic E-state index is 0.0423. The van der Waals surface area contributed by atoms with Crippen LogP contribution in [0.15, 0.2) is 48.5 Å². The van der Waals surface area contributed by atoms with Crippen LogP contribution in [0.3, 0.4) is 0 Å². The Bertz CT molecular complexity index is 1020. The average molecular weight is 314 g/mol. The van der Waals surface area contributed by atoms with Crippen LogP contribution in [0.2, 0.25) is 0 Å². The van der Waals surface area contributed by atoms with Gasteiger partial charge in [-0.25, -0.2) is 0 Å². The van der Waals surface area contributed by atoms with E-state index in [0.717, 1.165) is 0 Å². The Morgan fingerprint density at radius 1 is 0.583 bits per heavy atom. The van der Waals surface area contributed by atoms with Crippen molar-refractivity contribution in [3.63, 3.8) is 0 Å². The maximum absolute atomic E-state index is 3.73. The Hall–Kier alpha value is -2.48. The molecular formula is C22H22N2. The van der Waals surface area contributed by atoms with Gasteiger partial charge in [0, 0.05) is 44.0 Å². The van der Waals surface area contributed by atoms with Crippen LogP contribution in [-0.2, 0) is 10.8 Å². The fourth-order valence-corrected chi connectivity index (χ4v) is 4.77. The van der Waals surface area contributed by atoms with Gasteiger partial charge in [0.15, 0.2) is 0 Å². The lowest BCUT2D eigenvalue weighted by Gasteiger charge is -2.40. The highest BCUT2D eigenvalue weighted by molar-refractivity contribution is 5.93. The van der Waals surface area contributed by atoms with Gasteiger partial charge in [-0.05, 0) is 37.1 Å². The van der Waals surface area contributed by atoms with Crippen LogP contribution in [0.1, 0.15) is 50.2 Å². The summed E-state index contributed by atoms with van der Waals surface area (Å²) in [6.07, 6.45) is 0. The van der Waals surface area contributed by atoms with E-state index < -0.39 is 0 Å². The summed E-state index contributed by atoms with van der Waals surface area (Å²) in [5.74, 6) is 0. The van der Waals surface area contributed by atoms with Crippen molar-refractivity contribution in [2.75, 3.05) is 0 Å². The summed E-state index contributed by atoms with van der Waals surface area (Å²) >= 11 is 0. The van der Waals surface area contributed by atoms with E-state index in [0.29, 0.717) is 0 Å². The second-order valence-corrected chi connectivity index (χ2v) is 8.09. The molecule has 1 aliphatic rings. The van der Waals surface area contributed by atoms with Crippen LogP contribution >= 0.6 is 0 Å². The van der Waals surface area contributed by atoms with Gasteiger partial charge in [-0.1, -0.05) is 50.2 Å². The third-order valence-corrected chi connectivity index (χ3v) is 5.91. The summed E-state index contributed by atoms with van der Waals surface area (Å²) < 4.78 is 0. The second-order valence-electron chi connectivity index (χ2n) is 8.09. The largest absolute Gasteiger partial charge is 0.357 e. The SMILES string of the molecule is CC1(C)c2[nH]c3ccccc3c2C(C)(C)c2c1[nH]c1ccccc21. The smallest absolute Gasteiger partial charge is 0.0459 e. The highest BCUT2D eigenvalue weighted by atomic mass is 14.8. The minimum atomic E-state index is -0.0712. The molecule has 0 saturated heterocycles. The van der Waals surface area contributed by atoms with Crippen molar-refractivity contribution in [2.24, 2.45) is 0 Å². The van der Waals surface area contributed by atoms with Crippen LogP contribution in [0, 0.1) is 0 Å². The Balaban J connectivity index is 1.99. The number of aromatic nitrogens is 2. The first-order valence-corrected chi connectivity index (χ1v) is 8.65. The third kappa shape index (κ3) is 1.47. The van der Waals surface area contributed by atoms with Crippen LogP contribution in [0.25, 0.3) is 21.8 Å². The minimum Gasteiger partial charge on any atom is -0.357 e. The molecule has 2 aromatic heterocycles. The highest BCUT2D eigenvalue weighted by Crippen LogP contribution is 2.53. The number of benzene rings is 2. The van der Waals surface area contributed by atoms with Gasteiger partial charge >= 0.3 is 0 Å². The normalized spacial score (nSPS) is 17.8. The molecular weight excluding hydrogens is 292 g/mol. The molecule has 1 aliphatic carbocycles. The van der Waals surface area contributed by atoms with E-state index in [2.05, 4.69) is 86.2 Å². The van der Waals surface area contributed by atoms with E-state index in [1.54, 1.807) is 0 Å². The molecule has 0 unspecified atom stereocenters. The summed E-state index contributed by atoms with van der Waals surface area (Å²) in [4.78, 5) is 7.45. The summed E-state index contributed by atoms with van der Waals surface area (Å²) in [5.41, 5.74) is 7.93. The van der Waals surface area contributed by atoms with E-state index in [1.807, 2.05) is 0 Å². The molecule has 2 aromatic carbocycles. The summed E-state index contributed by atoms with van der Waals surface area (Å²) in [6.45, 7) is 9.37. The van der Waals surface area contributed by atoms with Crippen LogP contribution in [-0.4, -0.2) is 9.97 Å². The number of H-pyrrole nitrogens is 2. The first-order chi connectivity index (χ1) is 11.4. The fraction of sp³-hybridized carbons (Fsp3) is 0.273. The molecule has 2 heteroatoms. The number of para-hydroxylation sites is 2. The molecule has 120 valence electrons. The van der Waals surface area contributed by atoms with Crippen molar-refractivity contribution < 1.29 is 0 Å². The third-order valence-electron chi connectivity index (χ3n) is 5.91. The van der Waals surface area contributed by atoms with Crippen LogP contribution in [0.4, 0.5) is 0 Å². The molecule has 0 amide bonds. The predicted molar refractivity (Wildman–Crippen MR) is 101 cm³/mol. The Labute approximate surface area is 141 Å². The van der Waals surface area contributed by atoms with E-state index in [1.165, 1.54) is 44.3 Å². The van der Waals surface area contributed by atoms with Gasteiger partial charge in [0.05, 0.1) is 0 Å². The molecule has 0 atom stereocenters. The van der Waals surface area contributed by atoms with Gasteiger partial charge in [-0.2, -0.15) is 0 Å². The Morgan fingerprint density at radius 2 is 1.00 bits per heavy atom. The first-order valence-electron chi connectivity index (χ1n) is 8.65. The zero-order valence-corrected chi connectivity index (χ0v) is 14.6. The number of rotatable bonds is 0. The van der Waals surface area contributed by atoms with E-state index in [9.17, 15) is 0 Å². The number of fused-ring (bicyclic) bond motifs is 6. The highest BCUT2D eigenvalue weighted by Gasteiger charge is 2.46. The lowest BCUT2D eigenvalue weighted by atomic mass is 9.64. The van der Waals surface area contributed by atoms with Gasteiger partial charge in [0.1, 0.15) is 0 Å². The van der Waals surface area contributed by atoms with Crippen molar-refractivity contribution in [2.45, 2.75) is 38.5 Å². The molecule has 0 aliphatic heterocycles. The van der Waals surface area contributed by atoms with Gasteiger partial charge in [0.2, 0.25) is 0 Å². The van der Waals surface area contributed by atoms with Crippen molar-refractivity contribution in [3.05, 3.63) is 71.0 Å². The molecule has 0 bridgehead atoms. The topological polar surface area (TPSA) is 31.6 Å². The fourth-order valence-electron chi connectivity index (χ4n) is 4.77. The van der Waals surface area contributed by atoms with Gasteiger partial charge in [0.25, 0.3) is 0 Å². The quantitative estimate of drug-likeness (QED) is 0.422. The maximum Gasteiger partial charge on any atom is 0.0459 e. The Morgan fingerprint density at radius 3 is 1.46 bits per heavy atom. The lowest BCUT2D eigenvalue weighted by molar-refractivity contribution is 0.510. The molecule has 2 nitrogen and oxygen atoms in total. The molecule has 2 N–H and O–H groups in total. The Kier molecular flexibility index (Phi) is 2.39. The van der Waals surface area contributed by atoms with Crippen molar-refractivity contribution in [1.82, 2.24) is 9.97 Å². The molecule has 0 spiro atoms. The standard InChI is InChI=1S/C22H22N2/c1-21(2)17-13-9-5-7-11-15(13)23-19(17)22(3,4)20-18(21)14-10-6-8-12-16(14)24-20/h5-12,23-24H,1-4H3. The molecule has 0 radical (unpaired) electrons. The molecule has 0 saturated carbocycles. The molecule has 0 fully saturated rings. The molecule has 24 heavy (non-hydrogen) atoms. The number of nitrogens with one attached hydrogen (secondary N) is 2. The summed E-state index contributed by atoms with van der Waals surface area (Å²) in [5, 5.41) is 2.70. The van der Waals surface area contributed by atoms with E-state index in [4.69, 9.17) is 0 Å². The predicted octanol–water partition coefficient (Wildman–Crippen LogP) is 5.61. The monoisotopic (exact) mass is 314 g/mol. The zero-order chi connectivity index (χ0) is 16.7. The number of hydrogen-bond acceptors (Lipinski definition) is 0. The van der Waals surface area contributed by atoms with Gasteiger partial charge in [-0.15, -0.1) is 0 Å². The average Bonchev–Trinajstić information content (AvgIpc) is 3.14. The molecule has 4 aromatic rings. The van der Waals surface area contributed by atoms with Crippen molar-refractivity contribution in [1.29, 1.82) is 0 Å². The van der Waals surface area contributed by atoms with Crippen LogP contribution in [0.5, 0.6) is 0 Å². The van der Waals surface area contributed by atoms with Crippen molar-refractivity contribution >= 4 is 21.8 Å². The van der Waals surface area contributed by atoms with Gasteiger partial charge < -0.3 is 9.97 Å². The lowest BCUT2D eigenvalue weighted by Crippen LogP contribution is -2.36. The van der Waals surface area contributed by atoms with Crippen LogP contribution < -0.4 is 0 Å². The molecule has 5 rings (SSSR count). The van der Waals surface area contributed by atoms with Gasteiger partial charge in [-0.3, -0.25) is 0 Å². The number of aromatic amines is 2. The zero-order valence-electron chi connectivity index (χ0n) is 14.6. The second kappa shape index (κ2) is 4.13. The summed E-state index contributed by atoms with van der Waals surface area (Å²) in [7, 11) is 0. The summed E-state index contributed by atoms with van der Waals surface area (Å²) in [6, 6.07) is 17.4. The van der Waals surface area contributed by atoms with Crippen molar-refractivity contribution in [3.8, 4) is 0 Å². The molecule has 2 heterocycles. The van der Waals surface area contributed by atoms with E-state index >= 15 is 0 Å².